The van der Waals surface area contributed by atoms with E-state index in [4.69, 9.17) is 4.74 Å². The van der Waals surface area contributed by atoms with E-state index in [0.29, 0.717) is 23.9 Å². The number of hydrogen-bond donors (Lipinski definition) is 1. The minimum Gasteiger partial charge on any atom is -0.496 e. The smallest absolute Gasteiger partial charge is 0.123 e. The summed E-state index contributed by atoms with van der Waals surface area (Å²) in [6.45, 7) is 5.50. The highest BCUT2D eigenvalue weighted by Gasteiger charge is 2.49. The molecular weight excluding hydrogens is 404 g/mol. The van der Waals surface area contributed by atoms with Crippen molar-refractivity contribution in [2.45, 2.75) is 50.7 Å². The molecule has 1 unspecified atom stereocenters. The number of rotatable bonds is 9. The molecule has 2 aliphatic heterocycles. The first-order valence-corrected chi connectivity index (χ1v) is 12.5. The summed E-state index contributed by atoms with van der Waals surface area (Å²) in [5.41, 5.74) is 5.50. The molecule has 33 heavy (non-hydrogen) atoms. The number of piperidine rings is 1. The molecule has 0 aromatic heterocycles. The van der Waals surface area contributed by atoms with Gasteiger partial charge in [-0.15, -0.1) is 0 Å². The number of methoxy groups -OCH3 is 1. The Morgan fingerprint density at radius 1 is 0.970 bits per heavy atom. The number of nitrogens with one attached hydrogen (secondary N) is 1. The Hall–Kier alpha value is -2.62. The maximum atomic E-state index is 5.72. The quantitative estimate of drug-likeness (QED) is 0.466. The highest BCUT2D eigenvalue weighted by atomic mass is 16.5. The minimum atomic E-state index is 0.364. The molecule has 2 saturated heterocycles. The Morgan fingerprint density at radius 2 is 1.67 bits per heavy atom. The summed E-state index contributed by atoms with van der Waals surface area (Å²) in [4.78, 5) is 2.73. The Kier molecular flexibility index (Phi) is 6.80. The SMILES string of the molecule is CCCc1ccc(OC)c(CN[C@H]2[C@H]3CCN(C3)[C@H]2C(c2ccccc2)c2ccccc2)c1. The zero-order chi connectivity index (χ0) is 22.6. The second kappa shape index (κ2) is 10.1. The number of aryl methyl sites for hydroxylation is 1. The van der Waals surface area contributed by atoms with Gasteiger partial charge in [-0.1, -0.05) is 86.1 Å². The highest BCUT2D eigenvalue weighted by molar-refractivity contribution is 5.39. The van der Waals surface area contributed by atoms with Gasteiger partial charge in [0.2, 0.25) is 0 Å². The fourth-order valence-electron chi connectivity index (χ4n) is 6.14. The maximum Gasteiger partial charge on any atom is 0.123 e. The second-order valence-corrected chi connectivity index (χ2v) is 9.64. The molecule has 0 radical (unpaired) electrons. The van der Waals surface area contributed by atoms with Gasteiger partial charge in [-0.3, -0.25) is 4.90 Å². The van der Waals surface area contributed by atoms with Crippen molar-refractivity contribution in [1.82, 2.24) is 10.2 Å². The molecule has 0 amide bonds. The molecule has 0 spiro atoms. The van der Waals surface area contributed by atoms with Gasteiger partial charge in [0.1, 0.15) is 5.75 Å². The number of nitrogens with zero attached hydrogens (tertiary/aromatic N) is 1. The van der Waals surface area contributed by atoms with Crippen LogP contribution < -0.4 is 10.1 Å². The molecule has 3 aromatic carbocycles. The zero-order valence-electron chi connectivity index (χ0n) is 19.9. The summed E-state index contributed by atoms with van der Waals surface area (Å²) in [6, 6.07) is 29.8. The van der Waals surface area contributed by atoms with Gasteiger partial charge in [-0.05, 0) is 48.1 Å². The number of ether oxygens (including phenoxy) is 1. The number of hydrogen-bond acceptors (Lipinski definition) is 3. The van der Waals surface area contributed by atoms with E-state index in [-0.39, 0.29) is 0 Å². The van der Waals surface area contributed by atoms with Gasteiger partial charge in [0.25, 0.3) is 0 Å². The first-order valence-electron chi connectivity index (χ1n) is 12.5. The van der Waals surface area contributed by atoms with Crippen LogP contribution in [0.4, 0.5) is 0 Å². The molecule has 172 valence electrons. The predicted octanol–water partition coefficient (Wildman–Crippen LogP) is 5.64. The topological polar surface area (TPSA) is 24.5 Å². The van der Waals surface area contributed by atoms with Crippen molar-refractivity contribution >= 4 is 0 Å². The van der Waals surface area contributed by atoms with Crippen molar-refractivity contribution in [2.75, 3.05) is 20.2 Å². The Bertz CT molecular complexity index is 996. The first-order chi connectivity index (χ1) is 16.3. The monoisotopic (exact) mass is 440 g/mol. The normalized spacial score (nSPS) is 23.8. The summed E-state index contributed by atoms with van der Waals surface area (Å²) in [5.74, 6) is 2.06. The highest BCUT2D eigenvalue weighted by Crippen LogP contribution is 2.43. The average Bonchev–Trinajstić information content (AvgIpc) is 3.47. The van der Waals surface area contributed by atoms with Gasteiger partial charge in [0.15, 0.2) is 0 Å². The molecule has 2 aliphatic rings. The number of benzene rings is 3. The largest absolute Gasteiger partial charge is 0.496 e. The van der Waals surface area contributed by atoms with Crippen molar-refractivity contribution in [3.8, 4) is 5.75 Å². The van der Waals surface area contributed by atoms with Crippen molar-refractivity contribution in [3.63, 3.8) is 0 Å². The van der Waals surface area contributed by atoms with Crippen LogP contribution in [0.25, 0.3) is 0 Å². The standard InChI is InChI=1S/C30H36N2O/c1-3-10-22-15-16-27(33-2)26(19-22)20-31-29-25-17-18-32(21-25)30(29)28(23-11-6-4-7-12-23)24-13-8-5-9-14-24/h4-9,11-16,19,25,28-31H,3,10,17-18,20-21H2,1-2H3/t25-,29-,30-/m0/s1. The summed E-state index contributed by atoms with van der Waals surface area (Å²) in [5, 5.41) is 4.02. The zero-order valence-corrected chi connectivity index (χ0v) is 19.9. The molecule has 3 nitrogen and oxygen atoms in total. The van der Waals surface area contributed by atoms with Crippen LogP contribution in [0.1, 0.15) is 47.9 Å². The molecule has 0 aliphatic carbocycles. The fraction of sp³-hybridized carbons (Fsp3) is 0.400. The van der Waals surface area contributed by atoms with E-state index in [1.807, 2.05) is 0 Å². The van der Waals surface area contributed by atoms with Crippen LogP contribution in [-0.2, 0) is 13.0 Å². The van der Waals surface area contributed by atoms with E-state index in [1.54, 1.807) is 7.11 Å². The van der Waals surface area contributed by atoms with Gasteiger partial charge < -0.3 is 10.1 Å². The van der Waals surface area contributed by atoms with Crippen LogP contribution in [0.3, 0.4) is 0 Å². The summed E-state index contributed by atoms with van der Waals surface area (Å²) < 4.78 is 5.72. The Morgan fingerprint density at radius 3 is 2.30 bits per heavy atom. The van der Waals surface area contributed by atoms with Gasteiger partial charge in [-0.2, -0.15) is 0 Å². The van der Waals surface area contributed by atoms with Crippen molar-refractivity contribution in [2.24, 2.45) is 5.92 Å². The Balaban J connectivity index is 1.44. The molecule has 2 heterocycles. The van der Waals surface area contributed by atoms with Crippen LogP contribution in [0.2, 0.25) is 0 Å². The van der Waals surface area contributed by atoms with Crippen LogP contribution in [0.5, 0.6) is 5.75 Å². The third-order valence-electron chi connectivity index (χ3n) is 7.62. The minimum absolute atomic E-state index is 0.364. The third-order valence-corrected chi connectivity index (χ3v) is 7.62. The van der Waals surface area contributed by atoms with E-state index >= 15 is 0 Å². The summed E-state index contributed by atoms with van der Waals surface area (Å²) in [7, 11) is 1.78. The van der Waals surface area contributed by atoms with Crippen LogP contribution in [0, 0.1) is 5.92 Å². The fourth-order valence-corrected chi connectivity index (χ4v) is 6.14. The molecular formula is C30H36N2O. The first kappa shape index (κ1) is 22.2. The molecule has 3 heteroatoms. The van der Waals surface area contributed by atoms with Gasteiger partial charge in [0, 0.05) is 36.7 Å². The average molecular weight is 441 g/mol. The van der Waals surface area contributed by atoms with E-state index in [1.165, 1.54) is 41.8 Å². The van der Waals surface area contributed by atoms with Gasteiger partial charge >= 0.3 is 0 Å². The molecule has 5 rings (SSSR count). The summed E-state index contributed by atoms with van der Waals surface area (Å²) in [6.07, 6.45) is 3.57. The molecule has 3 aromatic rings. The van der Waals surface area contributed by atoms with E-state index in [0.717, 1.165) is 25.1 Å². The van der Waals surface area contributed by atoms with Gasteiger partial charge in [-0.25, -0.2) is 0 Å². The lowest BCUT2D eigenvalue weighted by Crippen LogP contribution is -2.50. The lowest BCUT2D eigenvalue weighted by molar-refractivity contribution is 0.197. The molecule has 1 N–H and O–H groups in total. The lowest BCUT2D eigenvalue weighted by atomic mass is 9.78. The van der Waals surface area contributed by atoms with Gasteiger partial charge in [0.05, 0.1) is 7.11 Å². The van der Waals surface area contributed by atoms with Crippen molar-refractivity contribution in [1.29, 1.82) is 0 Å². The van der Waals surface area contributed by atoms with Crippen molar-refractivity contribution < 1.29 is 4.74 Å². The maximum absolute atomic E-state index is 5.72. The van der Waals surface area contributed by atoms with E-state index < -0.39 is 0 Å². The molecule has 2 fully saturated rings. The molecule has 2 bridgehead atoms. The lowest BCUT2D eigenvalue weighted by Gasteiger charge is -2.39. The predicted molar refractivity (Wildman–Crippen MR) is 136 cm³/mol. The third kappa shape index (κ3) is 4.58. The van der Waals surface area contributed by atoms with E-state index in [9.17, 15) is 0 Å². The van der Waals surface area contributed by atoms with Crippen LogP contribution >= 0.6 is 0 Å². The Labute approximate surface area is 198 Å². The number of fused-ring (bicyclic) bond motifs is 2. The van der Waals surface area contributed by atoms with Crippen LogP contribution in [0.15, 0.2) is 78.9 Å². The summed E-state index contributed by atoms with van der Waals surface area (Å²) >= 11 is 0. The van der Waals surface area contributed by atoms with Crippen molar-refractivity contribution in [3.05, 3.63) is 101 Å². The van der Waals surface area contributed by atoms with Crippen LogP contribution in [-0.4, -0.2) is 37.2 Å². The van der Waals surface area contributed by atoms with E-state index in [2.05, 4.69) is 96.0 Å². The molecule has 4 atom stereocenters. The second-order valence-electron chi connectivity index (χ2n) is 9.64. The molecule has 0 saturated carbocycles.